The van der Waals surface area contributed by atoms with Gasteiger partial charge in [-0.15, -0.1) is 5.10 Å². The van der Waals surface area contributed by atoms with E-state index in [1.807, 2.05) is 0 Å². The summed E-state index contributed by atoms with van der Waals surface area (Å²) in [5.41, 5.74) is 1.15. The first-order valence-electron chi connectivity index (χ1n) is 2.97. The summed E-state index contributed by atoms with van der Waals surface area (Å²) < 4.78 is 0. The molecular formula is C5H8N4O2. The molecule has 0 atom stereocenters. The van der Waals surface area contributed by atoms with Gasteiger partial charge in [0.1, 0.15) is 17.1 Å². The molecule has 1 heterocycles. The summed E-state index contributed by atoms with van der Waals surface area (Å²) in [6.07, 6.45) is 0. The number of rotatable bonds is 1. The first kappa shape index (κ1) is 7.52. The summed E-state index contributed by atoms with van der Waals surface area (Å²) in [5.74, 6) is 0. The van der Waals surface area contributed by atoms with E-state index in [1.54, 1.807) is 13.8 Å². The summed E-state index contributed by atoms with van der Waals surface area (Å²) in [6.45, 7) is 3.18. The van der Waals surface area contributed by atoms with E-state index >= 15 is 0 Å². The van der Waals surface area contributed by atoms with Crippen LogP contribution in [0.15, 0.2) is 5.16 Å². The average molecular weight is 156 g/mol. The van der Waals surface area contributed by atoms with Gasteiger partial charge in [-0.25, -0.2) is 0 Å². The smallest absolute Gasteiger partial charge is 0.137 e. The maximum Gasteiger partial charge on any atom is 0.137 e. The third kappa shape index (κ3) is 1.14. The predicted octanol–water partition coefficient (Wildman–Crippen LogP) is 0.0220. The van der Waals surface area contributed by atoms with E-state index in [0.717, 1.165) is 0 Å². The van der Waals surface area contributed by atoms with E-state index in [2.05, 4.69) is 15.5 Å². The molecule has 0 spiro atoms. The lowest BCUT2D eigenvalue weighted by Crippen LogP contribution is -2.00. The molecule has 0 aliphatic carbocycles. The van der Waals surface area contributed by atoms with E-state index in [-0.39, 0.29) is 0 Å². The summed E-state index contributed by atoms with van der Waals surface area (Å²) >= 11 is 0. The van der Waals surface area contributed by atoms with Crippen molar-refractivity contribution in [3.63, 3.8) is 0 Å². The van der Waals surface area contributed by atoms with Gasteiger partial charge in [0.15, 0.2) is 0 Å². The van der Waals surface area contributed by atoms with Crippen molar-refractivity contribution in [2.75, 3.05) is 0 Å². The minimum Gasteiger partial charge on any atom is -0.411 e. The van der Waals surface area contributed by atoms with E-state index < -0.39 is 0 Å². The topological polar surface area (TPSA) is 83.5 Å². The highest BCUT2D eigenvalue weighted by atomic mass is 16.5. The second kappa shape index (κ2) is 2.57. The zero-order valence-electron chi connectivity index (χ0n) is 6.18. The van der Waals surface area contributed by atoms with Gasteiger partial charge in [-0.1, -0.05) is 10.0 Å². The molecular weight excluding hydrogens is 148 g/mol. The Morgan fingerprint density at radius 1 is 1.64 bits per heavy atom. The molecule has 0 amide bonds. The predicted molar refractivity (Wildman–Crippen MR) is 35.9 cm³/mol. The van der Waals surface area contributed by atoms with Gasteiger partial charge in [-0.2, -0.15) is 0 Å². The summed E-state index contributed by atoms with van der Waals surface area (Å²) in [6, 6.07) is 0. The molecule has 0 aromatic carbocycles. The molecule has 0 saturated carbocycles. The second-order valence-electron chi connectivity index (χ2n) is 2.10. The van der Waals surface area contributed by atoms with Crippen molar-refractivity contribution < 1.29 is 10.4 Å². The molecule has 60 valence electrons. The molecule has 0 aliphatic heterocycles. The van der Waals surface area contributed by atoms with Gasteiger partial charge < -0.3 is 10.4 Å². The Balaban J connectivity index is 3.15. The van der Waals surface area contributed by atoms with Crippen LogP contribution in [-0.2, 0) is 0 Å². The first-order chi connectivity index (χ1) is 5.16. The SMILES string of the molecule is CC(=NO)c1nnn(O)c1C. The van der Waals surface area contributed by atoms with Crippen molar-refractivity contribution in [3.8, 4) is 0 Å². The van der Waals surface area contributed by atoms with Crippen LogP contribution in [0.1, 0.15) is 18.3 Å². The molecule has 6 heteroatoms. The monoisotopic (exact) mass is 156 g/mol. The first-order valence-corrected chi connectivity index (χ1v) is 2.97. The zero-order valence-corrected chi connectivity index (χ0v) is 6.18. The molecule has 0 radical (unpaired) electrons. The van der Waals surface area contributed by atoms with Gasteiger partial charge in [0.2, 0.25) is 0 Å². The Hall–Kier alpha value is -1.59. The maximum absolute atomic E-state index is 8.89. The van der Waals surface area contributed by atoms with E-state index in [0.29, 0.717) is 21.9 Å². The fourth-order valence-corrected chi connectivity index (χ4v) is 0.703. The van der Waals surface area contributed by atoms with Crippen LogP contribution in [0.25, 0.3) is 0 Å². The Kier molecular flexibility index (Phi) is 1.75. The highest BCUT2D eigenvalue weighted by Crippen LogP contribution is 2.02. The quantitative estimate of drug-likeness (QED) is 0.260. The largest absolute Gasteiger partial charge is 0.411 e. The third-order valence-corrected chi connectivity index (χ3v) is 1.36. The standard InChI is InChI=1S/C5H8N4O2/c1-3(7-10)5-4(2)9(11)8-6-5/h10-11H,1-2H3. The molecule has 0 saturated heterocycles. The summed E-state index contributed by atoms with van der Waals surface area (Å²) in [7, 11) is 0. The second-order valence-corrected chi connectivity index (χ2v) is 2.10. The minimum atomic E-state index is 0.322. The number of aromatic nitrogens is 3. The molecule has 0 fully saturated rings. The van der Waals surface area contributed by atoms with Crippen molar-refractivity contribution in [2.45, 2.75) is 13.8 Å². The molecule has 1 rings (SSSR count). The Bertz CT molecular complexity index is 291. The fraction of sp³-hybridized carbons (Fsp3) is 0.400. The lowest BCUT2D eigenvalue weighted by molar-refractivity contribution is 0.137. The van der Waals surface area contributed by atoms with E-state index in [9.17, 15) is 0 Å². The van der Waals surface area contributed by atoms with Crippen molar-refractivity contribution in [2.24, 2.45) is 5.16 Å². The van der Waals surface area contributed by atoms with Crippen molar-refractivity contribution in [3.05, 3.63) is 11.4 Å². The molecule has 6 nitrogen and oxygen atoms in total. The van der Waals surface area contributed by atoms with Crippen LogP contribution in [0, 0.1) is 6.92 Å². The van der Waals surface area contributed by atoms with Gasteiger partial charge in [-0.05, 0) is 19.1 Å². The van der Waals surface area contributed by atoms with Gasteiger partial charge in [-0.3, -0.25) is 0 Å². The number of hydrogen-bond donors (Lipinski definition) is 2. The van der Waals surface area contributed by atoms with Gasteiger partial charge >= 0.3 is 0 Å². The number of nitrogens with zero attached hydrogens (tertiary/aromatic N) is 4. The number of hydrogen-bond acceptors (Lipinski definition) is 5. The third-order valence-electron chi connectivity index (χ3n) is 1.36. The molecule has 0 aliphatic rings. The van der Waals surface area contributed by atoms with Crippen LogP contribution in [0.2, 0.25) is 0 Å². The van der Waals surface area contributed by atoms with Crippen LogP contribution in [0.4, 0.5) is 0 Å². The highest BCUT2D eigenvalue weighted by molar-refractivity contribution is 5.97. The molecule has 0 bridgehead atoms. The zero-order chi connectivity index (χ0) is 8.43. The Labute approximate surface area is 62.7 Å². The molecule has 1 aromatic heterocycles. The average Bonchev–Trinajstić information content (AvgIpc) is 2.32. The van der Waals surface area contributed by atoms with Crippen LogP contribution in [0.3, 0.4) is 0 Å². The summed E-state index contributed by atoms with van der Waals surface area (Å²) in [4.78, 5) is 0.629. The van der Waals surface area contributed by atoms with Gasteiger partial charge in [0.05, 0.1) is 0 Å². The van der Waals surface area contributed by atoms with Crippen molar-refractivity contribution >= 4 is 5.71 Å². The Morgan fingerprint density at radius 2 is 2.27 bits per heavy atom. The van der Waals surface area contributed by atoms with Gasteiger partial charge in [0.25, 0.3) is 0 Å². The normalized spacial score (nSPS) is 12.0. The molecule has 11 heavy (non-hydrogen) atoms. The maximum atomic E-state index is 8.89. The van der Waals surface area contributed by atoms with Crippen LogP contribution >= 0.6 is 0 Å². The lowest BCUT2D eigenvalue weighted by Gasteiger charge is -1.92. The van der Waals surface area contributed by atoms with Crippen LogP contribution < -0.4 is 0 Å². The molecule has 2 N–H and O–H groups in total. The lowest BCUT2D eigenvalue weighted by atomic mass is 10.2. The van der Waals surface area contributed by atoms with E-state index in [1.165, 1.54) is 0 Å². The van der Waals surface area contributed by atoms with Crippen molar-refractivity contribution in [1.29, 1.82) is 0 Å². The molecule has 0 unspecified atom stereocenters. The van der Waals surface area contributed by atoms with Crippen molar-refractivity contribution in [1.82, 2.24) is 15.2 Å². The molecule has 1 aromatic rings. The van der Waals surface area contributed by atoms with Crippen LogP contribution in [-0.4, -0.2) is 31.3 Å². The highest BCUT2D eigenvalue weighted by Gasteiger charge is 2.09. The Morgan fingerprint density at radius 3 is 2.64 bits per heavy atom. The fourth-order valence-electron chi connectivity index (χ4n) is 0.703. The minimum absolute atomic E-state index is 0.322. The number of oxime groups is 1. The van der Waals surface area contributed by atoms with E-state index in [4.69, 9.17) is 10.4 Å². The van der Waals surface area contributed by atoms with Gasteiger partial charge in [0, 0.05) is 0 Å². The summed E-state index contributed by atoms with van der Waals surface area (Å²) in [5, 5.41) is 27.0. The van der Waals surface area contributed by atoms with Crippen LogP contribution in [0.5, 0.6) is 0 Å².